The Labute approximate surface area is 91.3 Å². The maximum absolute atomic E-state index is 6.09. The second kappa shape index (κ2) is 5.38. The predicted octanol–water partition coefficient (Wildman–Crippen LogP) is 3.84. The SMILES string of the molecule is CCCC[C@H](N)c1ccc(Cl)cc1C. The molecule has 0 aromatic heterocycles. The third kappa shape index (κ3) is 3.00. The normalized spacial score (nSPS) is 12.9. The van der Waals surface area contributed by atoms with E-state index in [1.54, 1.807) is 0 Å². The Morgan fingerprint density at radius 2 is 2.14 bits per heavy atom. The van der Waals surface area contributed by atoms with Crippen molar-refractivity contribution in [1.29, 1.82) is 0 Å². The smallest absolute Gasteiger partial charge is 0.0408 e. The summed E-state index contributed by atoms with van der Waals surface area (Å²) in [4.78, 5) is 0. The molecule has 0 saturated carbocycles. The fraction of sp³-hybridized carbons (Fsp3) is 0.500. The molecule has 0 aliphatic heterocycles. The van der Waals surface area contributed by atoms with Crippen LogP contribution in [0.25, 0.3) is 0 Å². The van der Waals surface area contributed by atoms with Crippen molar-refractivity contribution in [3.8, 4) is 0 Å². The Hall–Kier alpha value is -0.530. The van der Waals surface area contributed by atoms with Crippen LogP contribution >= 0.6 is 11.6 Å². The van der Waals surface area contributed by atoms with Gasteiger partial charge in [-0.3, -0.25) is 0 Å². The van der Waals surface area contributed by atoms with Crippen molar-refractivity contribution in [2.75, 3.05) is 0 Å². The van der Waals surface area contributed by atoms with Gasteiger partial charge in [-0.15, -0.1) is 0 Å². The molecule has 0 saturated heterocycles. The number of rotatable bonds is 4. The molecule has 0 aliphatic rings. The van der Waals surface area contributed by atoms with Gasteiger partial charge in [-0.1, -0.05) is 37.4 Å². The van der Waals surface area contributed by atoms with E-state index in [0.29, 0.717) is 0 Å². The Balaban J connectivity index is 2.74. The molecule has 0 aliphatic carbocycles. The average Bonchev–Trinajstić information content (AvgIpc) is 2.14. The Morgan fingerprint density at radius 1 is 1.43 bits per heavy atom. The minimum absolute atomic E-state index is 0.159. The Kier molecular flexibility index (Phi) is 4.43. The highest BCUT2D eigenvalue weighted by molar-refractivity contribution is 6.30. The topological polar surface area (TPSA) is 26.0 Å². The fourth-order valence-electron chi connectivity index (χ4n) is 1.63. The first-order chi connectivity index (χ1) is 6.65. The first kappa shape index (κ1) is 11.5. The summed E-state index contributed by atoms with van der Waals surface area (Å²) in [5.41, 5.74) is 8.51. The second-order valence-corrected chi connectivity index (χ2v) is 4.19. The molecule has 0 unspecified atom stereocenters. The lowest BCUT2D eigenvalue weighted by atomic mass is 9.98. The van der Waals surface area contributed by atoms with Gasteiger partial charge in [0.15, 0.2) is 0 Å². The zero-order chi connectivity index (χ0) is 10.6. The molecule has 0 heterocycles. The van der Waals surface area contributed by atoms with Crippen LogP contribution in [0.2, 0.25) is 5.02 Å². The summed E-state index contributed by atoms with van der Waals surface area (Å²) in [6, 6.07) is 6.09. The van der Waals surface area contributed by atoms with Gasteiger partial charge in [-0.05, 0) is 36.6 Å². The highest BCUT2D eigenvalue weighted by atomic mass is 35.5. The van der Waals surface area contributed by atoms with Crippen LogP contribution in [-0.2, 0) is 0 Å². The van der Waals surface area contributed by atoms with Gasteiger partial charge >= 0.3 is 0 Å². The van der Waals surface area contributed by atoms with E-state index >= 15 is 0 Å². The van der Waals surface area contributed by atoms with Crippen molar-refractivity contribution in [1.82, 2.24) is 0 Å². The molecule has 1 rings (SSSR count). The molecule has 2 N–H and O–H groups in total. The van der Waals surface area contributed by atoms with E-state index in [1.807, 2.05) is 18.2 Å². The van der Waals surface area contributed by atoms with Gasteiger partial charge in [0.1, 0.15) is 0 Å². The van der Waals surface area contributed by atoms with Gasteiger partial charge in [-0.25, -0.2) is 0 Å². The molecule has 0 bridgehead atoms. The van der Waals surface area contributed by atoms with E-state index in [4.69, 9.17) is 17.3 Å². The molecule has 0 fully saturated rings. The minimum Gasteiger partial charge on any atom is -0.324 e. The van der Waals surface area contributed by atoms with Crippen molar-refractivity contribution in [2.45, 2.75) is 39.2 Å². The summed E-state index contributed by atoms with van der Waals surface area (Å²) in [6.07, 6.45) is 3.43. The molecule has 0 radical (unpaired) electrons. The summed E-state index contributed by atoms with van der Waals surface area (Å²) in [6.45, 7) is 4.24. The minimum atomic E-state index is 0.159. The van der Waals surface area contributed by atoms with Crippen molar-refractivity contribution in [2.24, 2.45) is 5.73 Å². The lowest BCUT2D eigenvalue weighted by Crippen LogP contribution is -2.11. The zero-order valence-electron chi connectivity index (χ0n) is 8.89. The van der Waals surface area contributed by atoms with Crippen LogP contribution in [0.1, 0.15) is 43.4 Å². The number of aryl methyl sites for hydroxylation is 1. The number of hydrogen-bond acceptors (Lipinski definition) is 1. The van der Waals surface area contributed by atoms with Gasteiger partial charge in [0.25, 0.3) is 0 Å². The summed E-state index contributed by atoms with van der Waals surface area (Å²) in [7, 11) is 0. The monoisotopic (exact) mass is 211 g/mol. The van der Waals surface area contributed by atoms with Gasteiger partial charge in [0.05, 0.1) is 0 Å². The number of hydrogen-bond donors (Lipinski definition) is 1. The van der Waals surface area contributed by atoms with Crippen LogP contribution in [0, 0.1) is 6.92 Å². The standard InChI is InChI=1S/C12H18ClN/c1-3-4-5-12(14)11-7-6-10(13)8-9(11)2/h6-8,12H,3-5,14H2,1-2H3/t12-/m0/s1. The Bertz CT molecular complexity index is 296. The molecule has 2 heteroatoms. The summed E-state index contributed by atoms with van der Waals surface area (Å²) in [5.74, 6) is 0. The molecule has 0 spiro atoms. The van der Waals surface area contributed by atoms with Crippen molar-refractivity contribution >= 4 is 11.6 Å². The molecular formula is C12H18ClN. The van der Waals surface area contributed by atoms with E-state index in [-0.39, 0.29) is 6.04 Å². The molecule has 1 aromatic carbocycles. The predicted molar refractivity (Wildman–Crippen MR) is 62.6 cm³/mol. The molecule has 0 amide bonds. The molecule has 1 nitrogen and oxygen atoms in total. The third-order valence-corrected chi connectivity index (χ3v) is 2.74. The molecular weight excluding hydrogens is 194 g/mol. The summed E-state index contributed by atoms with van der Waals surface area (Å²) in [5, 5.41) is 0.786. The number of unbranched alkanes of at least 4 members (excludes halogenated alkanes) is 1. The van der Waals surface area contributed by atoms with E-state index in [2.05, 4.69) is 13.8 Å². The lowest BCUT2D eigenvalue weighted by Gasteiger charge is -2.14. The van der Waals surface area contributed by atoms with E-state index < -0.39 is 0 Å². The lowest BCUT2D eigenvalue weighted by molar-refractivity contribution is 0.601. The highest BCUT2D eigenvalue weighted by Crippen LogP contribution is 2.23. The van der Waals surface area contributed by atoms with Gasteiger partial charge in [-0.2, -0.15) is 0 Å². The third-order valence-electron chi connectivity index (χ3n) is 2.50. The van der Waals surface area contributed by atoms with Crippen molar-refractivity contribution < 1.29 is 0 Å². The van der Waals surface area contributed by atoms with Crippen LogP contribution in [0.4, 0.5) is 0 Å². The Morgan fingerprint density at radius 3 is 2.71 bits per heavy atom. The van der Waals surface area contributed by atoms with Crippen LogP contribution in [0.5, 0.6) is 0 Å². The number of halogens is 1. The second-order valence-electron chi connectivity index (χ2n) is 3.75. The number of benzene rings is 1. The van der Waals surface area contributed by atoms with E-state index in [1.165, 1.54) is 24.0 Å². The summed E-state index contributed by atoms with van der Waals surface area (Å²) >= 11 is 5.89. The van der Waals surface area contributed by atoms with Gasteiger partial charge < -0.3 is 5.73 Å². The van der Waals surface area contributed by atoms with Gasteiger partial charge in [0.2, 0.25) is 0 Å². The zero-order valence-corrected chi connectivity index (χ0v) is 9.64. The maximum atomic E-state index is 6.09. The molecule has 14 heavy (non-hydrogen) atoms. The quantitative estimate of drug-likeness (QED) is 0.805. The van der Waals surface area contributed by atoms with Crippen LogP contribution in [0.15, 0.2) is 18.2 Å². The summed E-state index contributed by atoms with van der Waals surface area (Å²) < 4.78 is 0. The van der Waals surface area contributed by atoms with Gasteiger partial charge in [0, 0.05) is 11.1 Å². The van der Waals surface area contributed by atoms with Crippen LogP contribution < -0.4 is 5.73 Å². The van der Waals surface area contributed by atoms with E-state index in [9.17, 15) is 0 Å². The van der Waals surface area contributed by atoms with Crippen molar-refractivity contribution in [3.05, 3.63) is 34.3 Å². The molecule has 1 aromatic rings. The first-order valence-corrected chi connectivity index (χ1v) is 5.54. The van der Waals surface area contributed by atoms with Crippen LogP contribution in [-0.4, -0.2) is 0 Å². The van der Waals surface area contributed by atoms with Crippen molar-refractivity contribution in [3.63, 3.8) is 0 Å². The largest absolute Gasteiger partial charge is 0.324 e. The maximum Gasteiger partial charge on any atom is 0.0408 e. The highest BCUT2D eigenvalue weighted by Gasteiger charge is 2.08. The fourth-order valence-corrected chi connectivity index (χ4v) is 1.86. The molecule has 1 atom stereocenters. The van der Waals surface area contributed by atoms with Crippen LogP contribution in [0.3, 0.4) is 0 Å². The first-order valence-electron chi connectivity index (χ1n) is 5.16. The molecule has 78 valence electrons. The number of nitrogens with two attached hydrogens (primary N) is 1. The van der Waals surface area contributed by atoms with E-state index in [0.717, 1.165) is 11.4 Å². The average molecular weight is 212 g/mol.